The van der Waals surface area contributed by atoms with Crippen LogP contribution in [0.15, 0.2) is 194 Å². The molecule has 0 fully saturated rings. The quantitative estimate of drug-likeness (QED) is 0.112. The zero-order valence-electron chi connectivity index (χ0n) is 27.4. The summed E-state index contributed by atoms with van der Waals surface area (Å²) in [5, 5.41) is 2.40. The predicted octanol–water partition coefficient (Wildman–Crippen LogP) is 11.8. The van der Waals surface area contributed by atoms with Crippen LogP contribution >= 0.6 is 16.9 Å². The second-order valence-corrected chi connectivity index (χ2v) is 14.9. The minimum Gasteiger partial charge on any atom is -0.328 e. The Hall–Kier alpha value is -5.26. The summed E-state index contributed by atoms with van der Waals surface area (Å²) < 4.78 is 28.7. The molecule has 0 N–H and O–H groups in total. The van der Waals surface area contributed by atoms with Crippen molar-refractivity contribution in [3.05, 3.63) is 228 Å². The third kappa shape index (κ3) is 5.11. The van der Waals surface area contributed by atoms with Crippen molar-refractivity contribution in [1.29, 1.82) is 0 Å². The van der Waals surface area contributed by atoms with Crippen LogP contribution < -0.4 is 0 Å². The third-order valence-electron chi connectivity index (χ3n) is 10.2. The molecule has 0 radical (unpaired) electrons. The van der Waals surface area contributed by atoms with Crippen LogP contribution in [0.1, 0.15) is 33.4 Å². The Morgan fingerprint density at radius 1 is 0.300 bits per heavy atom. The summed E-state index contributed by atoms with van der Waals surface area (Å²) >= 11 is 0. The average molecular weight is 683 g/mol. The lowest BCUT2D eigenvalue weighted by atomic mass is 9.74. The molecule has 4 heteroatoms. The molecule has 8 rings (SSSR count). The van der Waals surface area contributed by atoms with Crippen molar-refractivity contribution in [2.45, 2.75) is 10.3 Å². The van der Waals surface area contributed by atoms with Gasteiger partial charge in [-0.1, -0.05) is 194 Å². The van der Waals surface area contributed by atoms with Crippen molar-refractivity contribution >= 4 is 38.5 Å². The first-order valence-electron chi connectivity index (χ1n) is 16.9. The van der Waals surface area contributed by atoms with Gasteiger partial charge < -0.3 is 9.13 Å². The molecule has 0 saturated carbocycles. The first-order valence-corrected chi connectivity index (χ1v) is 19.0. The highest BCUT2D eigenvalue weighted by Gasteiger charge is 2.42. The van der Waals surface area contributed by atoms with Crippen molar-refractivity contribution in [2.75, 3.05) is 0 Å². The lowest BCUT2D eigenvalue weighted by molar-refractivity contribution is 0.585. The Morgan fingerprint density at radius 2 is 0.580 bits per heavy atom. The molecule has 0 aliphatic rings. The van der Waals surface area contributed by atoms with Crippen LogP contribution in [0.2, 0.25) is 0 Å². The smallest absolute Gasteiger partial charge is 0.0940 e. The summed E-state index contributed by atoms with van der Waals surface area (Å²) in [4.78, 5) is 0. The molecule has 0 aliphatic carbocycles. The summed E-state index contributed by atoms with van der Waals surface area (Å²) in [6, 6.07) is 66.7. The molecule has 0 spiro atoms. The maximum atomic E-state index is 14.4. The molecule has 8 aromatic rings. The molecule has 0 heterocycles. The first-order chi connectivity index (χ1) is 24.7. The van der Waals surface area contributed by atoms with Crippen molar-refractivity contribution in [1.82, 2.24) is 0 Å². The van der Waals surface area contributed by atoms with Crippen LogP contribution in [0.25, 0.3) is 32.7 Å². The molecule has 0 aromatic heterocycles. The Labute approximate surface area is 295 Å². The number of hydrogen-bond donors (Lipinski definition) is 0. The van der Waals surface area contributed by atoms with Crippen molar-refractivity contribution in [2.24, 2.45) is 0 Å². The maximum Gasteiger partial charge on any atom is 0.0940 e. The topological polar surface area (TPSA) is 34.1 Å². The summed E-state index contributed by atoms with van der Waals surface area (Å²) in [7, 11) is -2.81. The fraction of sp³-hybridized carbons (Fsp3) is 0.0435. The van der Waals surface area contributed by atoms with E-state index in [4.69, 9.17) is 0 Å². The van der Waals surface area contributed by atoms with Crippen molar-refractivity contribution in [3.63, 3.8) is 0 Å². The lowest BCUT2D eigenvalue weighted by Gasteiger charge is -2.37. The van der Waals surface area contributed by atoms with Gasteiger partial charge in [-0.05, 0) is 66.1 Å². The maximum absolute atomic E-state index is 14.4. The van der Waals surface area contributed by atoms with Crippen molar-refractivity contribution < 1.29 is 9.13 Å². The highest BCUT2D eigenvalue weighted by atomic mass is 31.1. The number of rotatable bonds is 9. The van der Waals surface area contributed by atoms with Crippen LogP contribution in [0, 0.1) is 0 Å². The highest BCUT2D eigenvalue weighted by molar-refractivity contribution is 7.26. The fourth-order valence-corrected chi connectivity index (χ4v) is 9.95. The van der Waals surface area contributed by atoms with E-state index in [9.17, 15) is 9.13 Å². The van der Waals surface area contributed by atoms with Gasteiger partial charge in [-0.25, -0.2) is 0 Å². The summed E-state index contributed by atoms with van der Waals surface area (Å²) in [5.41, 5.74) is 7.84. The second-order valence-electron chi connectivity index (χ2n) is 12.7. The van der Waals surface area contributed by atoms with Crippen LogP contribution in [-0.2, 0) is 19.4 Å². The molecule has 50 heavy (non-hydrogen) atoms. The molecule has 2 atom stereocenters. The zero-order chi connectivity index (χ0) is 34.0. The van der Waals surface area contributed by atoms with Gasteiger partial charge in [-0.2, -0.15) is 0 Å². The molecule has 2 nitrogen and oxygen atoms in total. The van der Waals surface area contributed by atoms with Crippen LogP contribution in [-0.4, -0.2) is 0 Å². The van der Waals surface area contributed by atoms with Crippen LogP contribution in [0.4, 0.5) is 0 Å². The van der Waals surface area contributed by atoms with E-state index >= 15 is 0 Å². The van der Waals surface area contributed by atoms with E-state index < -0.39 is 27.2 Å². The molecule has 0 saturated heterocycles. The Bertz CT molecular complexity index is 2210. The zero-order valence-corrected chi connectivity index (χ0v) is 29.8. The van der Waals surface area contributed by atoms with E-state index in [1.54, 1.807) is 0 Å². The number of benzene rings is 8. The van der Waals surface area contributed by atoms with Gasteiger partial charge in [-0.15, -0.1) is 0 Å². The third-order valence-corrected chi connectivity index (χ3v) is 12.9. The SMILES string of the molecule is O=[PH2]C(c1ccccc1)(c1ccccc1)c1ccc2ccccc2c1-c1c(C([PH2]=O)(c2ccccc2)c2ccccc2)ccc2ccccc12. The predicted molar refractivity (Wildman–Crippen MR) is 213 cm³/mol. The first kappa shape index (κ1) is 32.0. The minimum atomic E-state index is -1.41. The van der Waals surface area contributed by atoms with E-state index in [-0.39, 0.29) is 0 Å². The van der Waals surface area contributed by atoms with Gasteiger partial charge in [0.1, 0.15) is 0 Å². The van der Waals surface area contributed by atoms with Gasteiger partial charge in [0.05, 0.1) is 27.2 Å². The molecular weight excluding hydrogens is 646 g/mol. The summed E-state index contributed by atoms with van der Waals surface area (Å²) in [6.07, 6.45) is 0. The van der Waals surface area contributed by atoms with E-state index in [1.165, 1.54) is 0 Å². The molecule has 0 aliphatic heterocycles. The van der Waals surface area contributed by atoms with Gasteiger partial charge in [0.15, 0.2) is 0 Å². The lowest BCUT2D eigenvalue weighted by Crippen LogP contribution is -2.26. The fourth-order valence-electron chi connectivity index (χ4n) is 7.90. The Balaban J connectivity index is 1.62. The largest absolute Gasteiger partial charge is 0.328 e. The summed E-state index contributed by atoms with van der Waals surface area (Å²) in [6.45, 7) is 0. The monoisotopic (exact) mass is 682 g/mol. The molecular formula is C46H36O2P2. The molecule has 242 valence electrons. The van der Waals surface area contributed by atoms with Gasteiger partial charge in [0.25, 0.3) is 0 Å². The summed E-state index contributed by atoms with van der Waals surface area (Å²) in [5.74, 6) is 0. The van der Waals surface area contributed by atoms with Gasteiger partial charge in [0.2, 0.25) is 0 Å². The van der Waals surface area contributed by atoms with E-state index in [0.29, 0.717) is 0 Å². The number of hydrogen-bond acceptors (Lipinski definition) is 2. The normalized spacial score (nSPS) is 12.4. The second kappa shape index (κ2) is 13.6. The van der Waals surface area contributed by atoms with Crippen molar-refractivity contribution in [3.8, 4) is 11.1 Å². The standard InChI is InChI=1S/C46H36O2P2/c47-49-45(35-19-5-1-6-20-35,36-21-7-2-8-22-36)41-31-29-33-17-13-15-27-39(33)43(41)44-40-28-16-14-18-34(40)30-32-42(44)46(50-48,37-23-9-3-10-24-37)38-25-11-4-12-26-38/h1-32H,49-50H2. The Kier molecular flexibility index (Phi) is 8.68. The van der Waals surface area contributed by atoms with Crippen LogP contribution in [0.5, 0.6) is 0 Å². The molecule has 8 aromatic carbocycles. The van der Waals surface area contributed by atoms with Crippen LogP contribution in [0.3, 0.4) is 0 Å². The molecule has 2 unspecified atom stereocenters. The minimum absolute atomic E-state index is 0.942. The van der Waals surface area contributed by atoms with E-state index in [2.05, 4.69) is 121 Å². The molecule has 0 bridgehead atoms. The van der Waals surface area contributed by atoms with Gasteiger partial charge in [0, 0.05) is 0 Å². The van der Waals surface area contributed by atoms with Gasteiger partial charge in [-0.3, -0.25) is 0 Å². The van der Waals surface area contributed by atoms with Gasteiger partial charge >= 0.3 is 0 Å². The van der Waals surface area contributed by atoms with E-state index in [1.807, 2.05) is 72.8 Å². The average Bonchev–Trinajstić information content (AvgIpc) is 3.20. The molecule has 0 amide bonds. The Morgan fingerprint density at radius 3 is 0.880 bits per heavy atom. The van der Waals surface area contributed by atoms with E-state index in [0.717, 1.165) is 66.1 Å². The highest BCUT2D eigenvalue weighted by Crippen LogP contribution is 2.57. The number of fused-ring (bicyclic) bond motifs is 2.